The Hall–Kier alpha value is -3.92. The molecule has 0 radical (unpaired) electrons. The molecule has 0 bridgehead atoms. The SMILES string of the molecule is O=C(/C=C/c1ccc(-c2ccc(Cl)cc2)cc1)c1c(-c2ccccc2)c2cc(Cl)ccc2[nH]c1=O. The van der Waals surface area contributed by atoms with Gasteiger partial charge in [0.25, 0.3) is 5.56 Å². The third-order valence-corrected chi connectivity index (χ3v) is 6.29. The normalized spacial score (nSPS) is 11.3. The summed E-state index contributed by atoms with van der Waals surface area (Å²) in [5.41, 5.74) is 4.55. The molecule has 5 rings (SSSR count). The van der Waals surface area contributed by atoms with Crippen molar-refractivity contribution >= 4 is 46.0 Å². The molecule has 4 aromatic carbocycles. The number of aromatic nitrogens is 1. The number of pyridine rings is 1. The van der Waals surface area contributed by atoms with Crippen LogP contribution in [0, 0.1) is 0 Å². The molecule has 0 saturated heterocycles. The molecule has 1 N–H and O–H groups in total. The Kier molecular flexibility index (Phi) is 6.37. The van der Waals surface area contributed by atoms with E-state index in [-0.39, 0.29) is 11.3 Å². The Morgan fingerprint density at radius 1 is 0.714 bits per heavy atom. The predicted molar refractivity (Wildman–Crippen MR) is 145 cm³/mol. The number of hydrogen-bond donors (Lipinski definition) is 1. The Morgan fingerprint density at radius 3 is 2.03 bits per heavy atom. The van der Waals surface area contributed by atoms with Gasteiger partial charge in [-0.15, -0.1) is 0 Å². The maximum Gasteiger partial charge on any atom is 0.260 e. The van der Waals surface area contributed by atoms with Gasteiger partial charge in [-0.05, 0) is 58.7 Å². The molecule has 5 heteroatoms. The lowest BCUT2D eigenvalue weighted by molar-refractivity contribution is 0.104. The van der Waals surface area contributed by atoms with E-state index in [1.54, 1.807) is 24.3 Å². The van der Waals surface area contributed by atoms with Gasteiger partial charge in [-0.2, -0.15) is 0 Å². The molecule has 0 amide bonds. The van der Waals surface area contributed by atoms with Gasteiger partial charge in [-0.1, -0.05) is 96.0 Å². The van der Waals surface area contributed by atoms with Gasteiger partial charge in [-0.25, -0.2) is 0 Å². The van der Waals surface area contributed by atoms with Gasteiger partial charge in [0.1, 0.15) is 0 Å². The highest BCUT2D eigenvalue weighted by molar-refractivity contribution is 6.31. The largest absolute Gasteiger partial charge is 0.321 e. The van der Waals surface area contributed by atoms with Gasteiger partial charge in [0.2, 0.25) is 0 Å². The molecule has 0 atom stereocenters. The molecule has 1 aromatic heterocycles. The van der Waals surface area contributed by atoms with Gasteiger partial charge >= 0.3 is 0 Å². The molecule has 0 aliphatic rings. The number of aromatic amines is 1. The first kappa shape index (κ1) is 22.9. The summed E-state index contributed by atoms with van der Waals surface area (Å²) in [5.74, 6) is -0.381. The van der Waals surface area contributed by atoms with Crippen molar-refractivity contribution in [1.29, 1.82) is 0 Å². The molecule has 0 fully saturated rings. The summed E-state index contributed by atoms with van der Waals surface area (Å²) in [5, 5.41) is 1.93. The maximum absolute atomic E-state index is 13.3. The summed E-state index contributed by atoms with van der Waals surface area (Å²) in [6, 6.07) is 30.1. The molecular formula is C30H19Cl2NO2. The van der Waals surface area contributed by atoms with E-state index in [1.165, 1.54) is 6.08 Å². The van der Waals surface area contributed by atoms with E-state index in [2.05, 4.69) is 4.98 Å². The molecule has 0 spiro atoms. The van der Waals surface area contributed by atoms with E-state index in [0.717, 1.165) is 22.3 Å². The van der Waals surface area contributed by atoms with E-state index in [0.29, 0.717) is 26.5 Å². The van der Waals surface area contributed by atoms with E-state index in [9.17, 15) is 9.59 Å². The number of fused-ring (bicyclic) bond motifs is 1. The van der Waals surface area contributed by atoms with Gasteiger partial charge in [-0.3, -0.25) is 9.59 Å². The fourth-order valence-corrected chi connectivity index (χ4v) is 4.39. The van der Waals surface area contributed by atoms with Crippen molar-refractivity contribution < 1.29 is 4.79 Å². The van der Waals surface area contributed by atoms with Crippen molar-refractivity contribution in [2.24, 2.45) is 0 Å². The van der Waals surface area contributed by atoms with Crippen molar-refractivity contribution in [2.45, 2.75) is 0 Å². The summed E-state index contributed by atoms with van der Waals surface area (Å²) in [4.78, 5) is 29.2. The Balaban J connectivity index is 1.53. The van der Waals surface area contributed by atoms with Gasteiger partial charge in [0.15, 0.2) is 5.78 Å². The number of allylic oxidation sites excluding steroid dienone is 1. The standard InChI is InChI=1S/C30H19Cl2NO2/c31-23-13-11-21(12-14-23)20-9-6-19(7-10-20)8-17-27(34)29-28(22-4-2-1-3-5-22)25-18-24(32)15-16-26(25)33-30(29)35/h1-18H,(H,33,35)/b17-8+. The highest BCUT2D eigenvalue weighted by Gasteiger charge is 2.19. The fourth-order valence-electron chi connectivity index (χ4n) is 4.09. The van der Waals surface area contributed by atoms with Crippen molar-refractivity contribution in [3.8, 4) is 22.3 Å². The first-order valence-corrected chi connectivity index (χ1v) is 11.7. The lowest BCUT2D eigenvalue weighted by atomic mass is 9.94. The molecule has 170 valence electrons. The second-order valence-electron chi connectivity index (χ2n) is 8.09. The number of H-pyrrole nitrogens is 1. The molecule has 0 unspecified atom stereocenters. The zero-order valence-electron chi connectivity index (χ0n) is 18.5. The molecule has 0 saturated carbocycles. The monoisotopic (exact) mass is 495 g/mol. The van der Waals surface area contributed by atoms with Crippen molar-refractivity contribution in [3.05, 3.63) is 135 Å². The minimum Gasteiger partial charge on any atom is -0.321 e. The fraction of sp³-hybridized carbons (Fsp3) is 0. The number of halogens is 2. The number of benzene rings is 4. The zero-order chi connectivity index (χ0) is 24.4. The minimum atomic E-state index is -0.439. The molecule has 35 heavy (non-hydrogen) atoms. The molecule has 5 aromatic rings. The van der Waals surface area contributed by atoms with E-state index < -0.39 is 5.56 Å². The zero-order valence-corrected chi connectivity index (χ0v) is 20.0. The van der Waals surface area contributed by atoms with Crippen LogP contribution in [0.2, 0.25) is 10.0 Å². The number of hydrogen-bond acceptors (Lipinski definition) is 2. The van der Waals surface area contributed by atoms with Crippen LogP contribution in [0.5, 0.6) is 0 Å². The van der Waals surface area contributed by atoms with Crippen LogP contribution in [0.4, 0.5) is 0 Å². The van der Waals surface area contributed by atoms with Crippen molar-refractivity contribution in [2.75, 3.05) is 0 Å². The number of rotatable bonds is 5. The summed E-state index contributed by atoms with van der Waals surface area (Å²) in [6.07, 6.45) is 3.15. The van der Waals surface area contributed by atoms with Gasteiger partial charge < -0.3 is 4.98 Å². The van der Waals surface area contributed by atoms with E-state index in [1.807, 2.05) is 78.9 Å². The van der Waals surface area contributed by atoms with Crippen LogP contribution in [-0.4, -0.2) is 10.8 Å². The molecule has 1 heterocycles. The summed E-state index contributed by atoms with van der Waals surface area (Å²) in [7, 11) is 0. The van der Waals surface area contributed by atoms with Crippen LogP contribution >= 0.6 is 23.2 Å². The Bertz CT molecular complexity index is 1620. The lowest BCUT2D eigenvalue weighted by Crippen LogP contribution is -2.18. The van der Waals surface area contributed by atoms with Crippen LogP contribution in [0.15, 0.2) is 108 Å². The summed E-state index contributed by atoms with van der Waals surface area (Å²) >= 11 is 12.2. The maximum atomic E-state index is 13.3. The number of ketones is 1. The molecule has 0 aliphatic carbocycles. The van der Waals surface area contributed by atoms with Crippen LogP contribution < -0.4 is 5.56 Å². The number of carbonyl (C=O) groups is 1. The summed E-state index contributed by atoms with van der Waals surface area (Å²) in [6.45, 7) is 0. The Labute approximate surface area is 212 Å². The molecular weight excluding hydrogens is 477 g/mol. The second-order valence-corrected chi connectivity index (χ2v) is 8.96. The average Bonchev–Trinajstić information content (AvgIpc) is 2.88. The first-order valence-electron chi connectivity index (χ1n) is 11.0. The average molecular weight is 496 g/mol. The second kappa shape index (κ2) is 9.75. The first-order chi connectivity index (χ1) is 17.0. The lowest BCUT2D eigenvalue weighted by Gasteiger charge is -2.11. The molecule has 0 aliphatic heterocycles. The van der Waals surface area contributed by atoms with Crippen LogP contribution in [0.25, 0.3) is 39.2 Å². The van der Waals surface area contributed by atoms with Crippen molar-refractivity contribution in [3.63, 3.8) is 0 Å². The molecule has 3 nitrogen and oxygen atoms in total. The Morgan fingerprint density at radius 2 is 1.34 bits per heavy atom. The van der Waals surface area contributed by atoms with E-state index in [4.69, 9.17) is 23.2 Å². The predicted octanol–water partition coefficient (Wildman–Crippen LogP) is 8.07. The van der Waals surface area contributed by atoms with Crippen LogP contribution in [-0.2, 0) is 0 Å². The van der Waals surface area contributed by atoms with Crippen LogP contribution in [0.1, 0.15) is 15.9 Å². The highest BCUT2D eigenvalue weighted by atomic mass is 35.5. The van der Waals surface area contributed by atoms with Gasteiger partial charge in [0.05, 0.1) is 5.56 Å². The third-order valence-electron chi connectivity index (χ3n) is 5.80. The van der Waals surface area contributed by atoms with E-state index >= 15 is 0 Å². The third kappa shape index (κ3) is 4.83. The van der Waals surface area contributed by atoms with Crippen molar-refractivity contribution in [1.82, 2.24) is 4.98 Å². The minimum absolute atomic E-state index is 0.0833. The topological polar surface area (TPSA) is 49.9 Å². The summed E-state index contributed by atoms with van der Waals surface area (Å²) < 4.78 is 0. The van der Waals surface area contributed by atoms with Crippen LogP contribution in [0.3, 0.4) is 0 Å². The quantitative estimate of drug-likeness (QED) is 0.198. The smallest absolute Gasteiger partial charge is 0.260 e. The highest BCUT2D eigenvalue weighted by Crippen LogP contribution is 2.31. The number of nitrogens with one attached hydrogen (secondary N) is 1. The number of carbonyl (C=O) groups excluding carboxylic acids is 1. The van der Waals surface area contributed by atoms with Gasteiger partial charge in [0, 0.05) is 26.5 Å².